The summed E-state index contributed by atoms with van der Waals surface area (Å²) in [5.74, 6) is 0.622. The molecule has 9 nitrogen and oxygen atoms in total. The van der Waals surface area contributed by atoms with Crippen LogP contribution in [0.2, 0.25) is 0 Å². The van der Waals surface area contributed by atoms with Gasteiger partial charge in [0.25, 0.3) is 5.56 Å². The molecule has 0 amide bonds. The van der Waals surface area contributed by atoms with E-state index in [4.69, 9.17) is 9.26 Å². The Morgan fingerprint density at radius 2 is 2.03 bits per heavy atom. The highest BCUT2D eigenvalue weighted by molar-refractivity contribution is 5.58. The molecule has 0 bridgehead atoms. The van der Waals surface area contributed by atoms with Gasteiger partial charge in [-0.1, -0.05) is 5.16 Å². The summed E-state index contributed by atoms with van der Waals surface area (Å²) in [4.78, 5) is 14.9. The van der Waals surface area contributed by atoms with Gasteiger partial charge >= 0.3 is 0 Å². The fourth-order valence-corrected chi connectivity index (χ4v) is 3.73. The van der Waals surface area contributed by atoms with Crippen LogP contribution in [0.5, 0.6) is 0 Å². The first-order valence-electron chi connectivity index (χ1n) is 10.5. The molecule has 164 valence electrons. The van der Waals surface area contributed by atoms with Gasteiger partial charge in [-0.05, 0) is 53.2 Å². The Morgan fingerprint density at radius 1 is 1.23 bits per heavy atom. The van der Waals surface area contributed by atoms with Crippen LogP contribution in [0.1, 0.15) is 44.2 Å². The molecule has 1 aliphatic rings. The van der Waals surface area contributed by atoms with Gasteiger partial charge in [-0.3, -0.25) is 4.79 Å². The van der Waals surface area contributed by atoms with E-state index in [1.807, 2.05) is 26.0 Å². The Labute approximate surface area is 181 Å². The van der Waals surface area contributed by atoms with Crippen LogP contribution in [0, 0.1) is 13.8 Å². The van der Waals surface area contributed by atoms with Gasteiger partial charge in [0.15, 0.2) is 0 Å². The largest absolute Gasteiger partial charge is 0.371 e. The van der Waals surface area contributed by atoms with E-state index in [2.05, 4.69) is 46.1 Å². The average Bonchev–Trinajstić information content (AvgIpc) is 3.30. The fraction of sp³-hybridized carbons (Fsp3) is 0.500. The summed E-state index contributed by atoms with van der Waals surface area (Å²) in [6, 6.07) is 5.33. The maximum absolute atomic E-state index is 12.8. The minimum absolute atomic E-state index is 0.153. The molecule has 1 atom stereocenters. The first kappa shape index (κ1) is 21.2. The zero-order valence-electron chi connectivity index (χ0n) is 18.6. The van der Waals surface area contributed by atoms with Crippen molar-refractivity contribution < 1.29 is 9.26 Å². The van der Waals surface area contributed by atoms with Crippen molar-refractivity contribution in [3.63, 3.8) is 0 Å². The molecular weight excluding hydrogens is 396 g/mol. The average molecular weight is 425 g/mol. The van der Waals surface area contributed by atoms with Crippen molar-refractivity contribution >= 4 is 5.69 Å². The van der Waals surface area contributed by atoms with Crippen molar-refractivity contribution in [2.75, 3.05) is 18.0 Å². The summed E-state index contributed by atoms with van der Waals surface area (Å²) >= 11 is 0. The number of aryl methyl sites for hydroxylation is 2. The predicted octanol–water partition coefficient (Wildman–Crippen LogP) is 2.75. The van der Waals surface area contributed by atoms with Crippen LogP contribution in [-0.4, -0.2) is 49.9 Å². The molecule has 4 heterocycles. The normalized spacial score (nSPS) is 16.8. The standard InChI is InChI=1S/C22H28N6O3/c1-14-6-7-19(25-24-14)21-18(15(2)31-26-21)13-28-20(29)10-16(11-23-28)27-9-8-17(12-27)30-22(3,4)5/h6-7,10-11,17H,8-9,12-13H2,1-5H3. The van der Waals surface area contributed by atoms with Gasteiger partial charge in [-0.25, -0.2) is 4.68 Å². The third-order valence-electron chi connectivity index (χ3n) is 5.22. The van der Waals surface area contributed by atoms with E-state index in [9.17, 15) is 4.79 Å². The molecule has 4 rings (SSSR count). The Hall–Kier alpha value is -3.07. The summed E-state index contributed by atoms with van der Waals surface area (Å²) in [7, 11) is 0. The summed E-state index contributed by atoms with van der Waals surface area (Å²) in [6.45, 7) is 11.7. The number of hydrogen-bond donors (Lipinski definition) is 0. The second-order valence-corrected chi connectivity index (χ2v) is 8.92. The van der Waals surface area contributed by atoms with Crippen molar-refractivity contribution in [1.29, 1.82) is 0 Å². The third kappa shape index (κ3) is 4.82. The van der Waals surface area contributed by atoms with Crippen LogP contribution in [0.25, 0.3) is 11.4 Å². The maximum Gasteiger partial charge on any atom is 0.269 e. The van der Waals surface area contributed by atoms with E-state index in [1.165, 1.54) is 4.68 Å². The van der Waals surface area contributed by atoms with Crippen molar-refractivity contribution in [2.24, 2.45) is 0 Å². The predicted molar refractivity (Wildman–Crippen MR) is 116 cm³/mol. The maximum atomic E-state index is 12.8. The van der Waals surface area contributed by atoms with Gasteiger partial charge in [-0.2, -0.15) is 10.2 Å². The highest BCUT2D eigenvalue weighted by Crippen LogP contribution is 2.25. The van der Waals surface area contributed by atoms with Crippen molar-refractivity contribution in [3.8, 4) is 11.4 Å². The van der Waals surface area contributed by atoms with Crippen molar-refractivity contribution in [2.45, 2.75) is 59.3 Å². The molecule has 1 fully saturated rings. The van der Waals surface area contributed by atoms with Crippen molar-refractivity contribution in [3.05, 3.63) is 51.8 Å². The molecule has 9 heteroatoms. The molecule has 0 N–H and O–H groups in total. The lowest BCUT2D eigenvalue weighted by Gasteiger charge is -2.25. The summed E-state index contributed by atoms with van der Waals surface area (Å²) in [6.07, 6.45) is 2.82. The molecule has 0 aromatic carbocycles. The zero-order chi connectivity index (χ0) is 22.2. The molecule has 1 aliphatic heterocycles. The summed E-state index contributed by atoms with van der Waals surface area (Å²) < 4.78 is 12.9. The quantitative estimate of drug-likeness (QED) is 0.616. The Morgan fingerprint density at radius 3 is 2.71 bits per heavy atom. The number of rotatable bonds is 5. The van der Waals surface area contributed by atoms with E-state index in [1.54, 1.807) is 12.3 Å². The minimum atomic E-state index is -0.182. The van der Waals surface area contributed by atoms with Gasteiger partial charge in [0.2, 0.25) is 0 Å². The number of anilines is 1. The zero-order valence-corrected chi connectivity index (χ0v) is 18.6. The minimum Gasteiger partial charge on any atom is -0.371 e. The molecule has 0 saturated carbocycles. The third-order valence-corrected chi connectivity index (χ3v) is 5.22. The van der Waals surface area contributed by atoms with Gasteiger partial charge in [0, 0.05) is 24.7 Å². The Kier molecular flexibility index (Phi) is 5.62. The van der Waals surface area contributed by atoms with Crippen LogP contribution < -0.4 is 10.5 Å². The number of nitrogens with zero attached hydrogens (tertiary/aromatic N) is 6. The summed E-state index contributed by atoms with van der Waals surface area (Å²) in [5, 5.41) is 16.8. The SMILES string of the molecule is Cc1ccc(-c2noc(C)c2Cn2ncc(N3CCC(OC(C)(C)C)C3)cc2=O)nn1. The van der Waals surface area contributed by atoms with Crippen LogP contribution in [0.3, 0.4) is 0 Å². The second kappa shape index (κ2) is 8.22. The van der Waals surface area contributed by atoms with E-state index < -0.39 is 0 Å². The molecular formula is C22H28N6O3. The Bertz CT molecular complexity index is 1110. The van der Waals surface area contributed by atoms with Gasteiger partial charge < -0.3 is 14.2 Å². The molecule has 3 aromatic heterocycles. The summed E-state index contributed by atoms with van der Waals surface area (Å²) in [5.41, 5.74) is 3.20. The van der Waals surface area contributed by atoms with Gasteiger partial charge in [0.1, 0.15) is 17.1 Å². The van der Waals surface area contributed by atoms with E-state index in [0.717, 1.165) is 36.5 Å². The number of ether oxygens (including phenoxy) is 1. The van der Waals surface area contributed by atoms with Crippen LogP contribution in [0.15, 0.2) is 33.7 Å². The molecule has 31 heavy (non-hydrogen) atoms. The fourth-order valence-electron chi connectivity index (χ4n) is 3.73. The monoisotopic (exact) mass is 424 g/mol. The topological polar surface area (TPSA) is 99.2 Å². The molecule has 3 aromatic rings. The second-order valence-electron chi connectivity index (χ2n) is 8.92. The van der Waals surface area contributed by atoms with Gasteiger partial charge in [0.05, 0.1) is 35.8 Å². The molecule has 0 radical (unpaired) electrons. The number of hydrogen-bond acceptors (Lipinski definition) is 8. The highest BCUT2D eigenvalue weighted by atomic mass is 16.5. The lowest BCUT2D eigenvalue weighted by atomic mass is 10.1. The van der Waals surface area contributed by atoms with Crippen LogP contribution >= 0.6 is 0 Å². The van der Waals surface area contributed by atoms with Gasteiger partial charge in [-0.15, -0.1) is 5.10 Å². The molecule has 0 aliphatic carbocycles. The lowest BCUT2D eigenvalue weighted by molar-refractivity contribution is -0.0492. The molecule has 1 saturated heterocycles. The van der Waals surface area contributed by atoms with Crippen LogP contribution in [0.4, 0.5) is 5.69 Å². The highest BCUT2D eigenvalue weighted by Gasteiger charge is 2.28. The molecule has 1 unspecified atom stereocenters. The number of aromatic nitrogens is 5. The first-order valence-corrected chi connectivity index (χ1v) is 10.5. The van der Waals surface area contributed by atoms with E-state index in [-0.39, 0.29) is 23.8 Å². The lowest BCUT2D eigenvalue weighted by Crippen LogP contribution is -2.31. The smallest absolute Gasteiger partial charge is 0.269 e. The Balaban J connectivity index is 1.52. The first-order chi connectivity index (χ1) is 14.7. The van der Waals surface area contributed by atoms with E-state index >= 15 is 0 Å². The molecule has 0 spiro atoms. The van der Waals surface area contributed by atoms with Crippen LogP contribution in [-0.2, 0) is 11.3 Å². The van der Waals surface area contributed by atoms with Crippen molar-refractivity contribution in [1.82, 2.24) is 25.1 Å². The van der Waals surface area contributed by atoms with E-state index in [0.29, 0.717) is 17.1 Å².